The van der Waals surface area contributed by atoms with Gasteiger partial charge in [0.15, 0.2) is 5.60 Å². The van der Waals surface area contributed by atoms with E-state index in [-0.39, 0.29) is 5.41 Å². The first-order valence-electron chi connectivity index (χ1n) is 17.7. The molecule has 3 heterocycles. The van der Waals surface area contributed by atoms with E-state index in [9.17, 15) is 5.21 Å². The first-order chi connectivity index (χ1) is 23.9. The maximum atomic E-state index is 10.2. The summed E-state index contributed by atoms with van der Waals surface area (Å²) in [5, 5.41) is 13.8. The number of benzene rings is 5. The highest BCUT2D eigenvalue weighted by Crippen LogP contribution is 2.59. The summed E-state index contributed by atoms with van der Waals surface area (Å²) < 4.78 is 13.7. The summed E-state index contributed by atoms with van der Waals surface area (Å²) in [6.45, 7) is 9.53. The Bertz CT molecular complexity index is 2090. The quantitative estimate of drug-likeness (QED) is 0.206. The number of nitrogens with zero attached hydrogens (tertiary/aromatic N) is 3. The molecule has 3 aliphatic heterocycles. The Balaban J connectivity index is 1.30. The molecule has 9 rings (SSSR count). The number of methoxy groups -OCH3 is 1. The fraction of sp³-hybridized carbons (Fsp3) is 0.302. The molecular formula is C43H43N3O3. The van der Waals surface area contributed by atoms with Crippen molar-refractivity contribution in [3.05, 3.63) is 125 Å². The molecule has 0 radical (unpaired) electrons. The largest absolute Gasteiger partial charge is 0.495 e. The van der Waals surface area contributed by atoms with Crippen molar-refractivity contribution < 1.29 is 14.7 Å². The van der Waals surface area contributed by atoms with Gasteiger partial charge in [-0.15, -0.1) is 0 Å². The van der Waals surface area contributed by atoms with Crippen molar-refractivity contribution >= 4 is 28.2 Å². The van der Waals surface area contributed by atoms with E-state index >= 15 is 0 Å². The van der Waals surface area contributed by atoms with E-state index in [2.05, 4.69) is 127 Å². The molecule has 0 bridgehead atoms. The van der Waals surface area contributed by atoms with Gasteiger partial charge in [0.05, 0.1) is 12.8 Å². The first-order valence-corrected chi connectivity index (χ1v) is 17.7. The van der Waals surface area contributed by atoms with Gasteiger partial charge in [0.1, 0.15) is 11.5 Å². The van der Waals surface area contributed by atoms with Crippen molar-refractivity contribution in [1.82, 2.24) is 5.06 Å². The Hall–Kier alpha value is -4.78. The number of fused-ring (bicyclic) bond motifs is 8. The van der Waals surface area contributed by atoms with Crippen molar-refractivity contribution in [1.29, 1.82) is 0 Å². The third-order valence-corrected chi connectivity index (χ3v) is 11.4. The standard InChI is InChI=1S/C43H43N3O3/c1-42(2)36-14-8-7-13-32(36)39-34-27-37(45-23-25-46(47)26-24-45)38(48-3)28-35(34)41-33(40(39)42)19-20-43(49-41,29-11-5-4-6-12-29)30-15-17-31(18-16-30)44-21-9-10-22-44/h4-8,11-20,27-28,47H,9-10,21-26H2,1-3H3. The predicted octanol–water partition coefficient (Wildman–Crippen LogP) is 8.62. The molecule has 0 amide bonds. The van der Waals surface area contributed by atoms with E-state index in [1.165, 1.54) is 45.8 Å². The van der Waals surface area contributed by atoms with E-state index in [1.54, 1.807) is 7.11 Å². The lowest BCUT2D eigenvalue weighted by molar-refractivity contribution is -0.0936. The van der Waals surface area contributed by atoms with Crippen molar-refractivity contribution in [2.45, 2.75) is 37.7 Å². The average Bonchev–Trinajstić information content (AvgIpc) is 3.77. The van der Waals surface area contributed by atoms with Crippen molar-refractivity contribution in [2.75, 3.05) is 56.2 Å². The van der Waals surface area contributed by atoms with Gasteiger partial charge in [-0.25, -0.2) is 0 Å². The van der Waals surface area contributed by atoms with Crippen LogP contribution in [-0.4, -0.2) is 56.6 Å². The SMILES string of the molecule is COc1cc2c3c(c4c(c2cc1N1CCN(O)CC1)-c1ccccc1C4(C)C)C=CC(c1ccccc1)(c1ccc(N2CCCC2)cc1)O3. The average molecular weight is 650 g/mol. The zero-order chi connectivity index (χ0) is 33.3. The highest BCUT2D eigenvalue weighted by Gasteiger charge is 2.44. The van der Waals surface area contributed by atoms with E-state index in [0.717, 1.165) is 70.8 Å². The molecule has 1 N–H and O–H groups in total. The van der Waals surface area contributed by atoms with Crippen molar-refractivity contribution in [3.63, 3.8) is 0 Å². The van der Waals surface area contributed by atoms with Gasteiger partial charge in [-0.2, -0.15) is 5.06 Å². The first kappa shape index (κ1) is 30.3. The monoisotopic (exact) mass is 649 g/mol. The number of hydroxylamine groups is 2. The van der Waals surface area contributed by atoms with Gasteiger partial charge in [0, 0.05) is 72.4 Å². The molecule has 4 aliphatic rings. The minimum atomic E-state index is -0.822. The number of rotatable bonds is 5. The maximum absolute atomic E-state index is 10.2. The molecule has 2 fully saturated rings. The fourth-order valence-corrected chi connectivity index (χ4v) is 8.87. The summed E-state index contributed by atoms with van der Waals surface area (Å²) in [4.78, 5) is 4.81. The topological polar surface area (TPSA) is 48.4 Å². The minimum Gasteiger partial charge on any atom is -0.495 e. The number of piperazine rings is 1. The Morgan fingerprint density at radius 1 is 0.735 bits per heavy atom. The molecule has 6 heteroatoms. The van der Waals surface area contributed by atoms with E-state index in [0.29, 0.717) is 13.1 Å². The zero-order valence-electron chi connectivity index (χ0n) is 28.6. The van der Waals surface area contributed by atoms with Gasteiger partial charge in [-0.3, -0.25) is 0 Å². The molecule has 1 aliphatic carbocycles. The number of anilines is 2. The van der Waals surface area contributed by atoms with Crippen LogP contribution in [0.4, 0.5) is 11.4 Å². The zero-order valence-corrected chi connectivity index (χ0v) is 28.6. The Morgan fingerprint density at radius 3 is 2.16 bits per heavy atom. The summed E-state index contributed by atoms with van der Waals surface area (Å²) in [5.41, 5.74) is 9.77. The second kappa shape index (κ2) is 11.4. The number of ether oxygens (including phenoxy) is 2. The molecule has 2 saturated heterocycles. The molecule has 5 aromatic carbocycles. The van der Waals surface area contributed by atoms with Crippen LogP contribution in [0.25, 0.3) is 28.0 Å². The normalized spacial score (nSPS) is 21.0. The van der Waals surface area contributed by atoms with Gasteiger partial charge in [0.2, 0.25) is 0 Å². The van der Waals surface area contributed by atoms with Crippen molar-refractivity contribution in [3.8, 4) is 22.6 Å². The lowest BCUT2D eigenvalue weighted by atomic mass is 9.76. The molecule has 1 unspecified atom stereocenters. The van der Waals surface area contributed by atoms with Crippen molar-refractivity contribution in [2.24, 2.45) is 0 Å². The van der Waals surface area contributed by atoms with Crippen LogP contribution in [0.5, 0.6) is 11.5 Å². The molecule has 6 nitrogen and oxygen atoms in total. The Morgan fingerprint density at radius 2 is 1.43 bits per heavy atom. The third-order valence-electron chi connectivity index (χ3n) is 11.4. The summed E-state index contributed by atoms with van der Waals surface area (Å²) in [6.07, 6.45) is 7.10. The van der Waals surface area contributed by atoms with Gasteiger partial charge in [-0.05, 0) is 70.8 Å². The molecule has 248 valence electrons. The summed E-state index contributed by atoms with van der Waals surface area (Å²) in [6, 6.07) is 33.0. The predicted molar refractivity (Wildman–Crippen MR) is 198 cm³/mol. The van der Waals surface area contributed by atoms with Gasteiger partial charge in [-0.1, -0.05) is 86.7 Å². The minimum absolute atomic E-state index is 0.232. The molecule has 1 atom stereocenters. The fourth-order valence-electron chi connectivity index (χ4n) is 8.87. The summed E-state index contributed by atoms with van der Waals surface area (Å²) >= 11 is 0. The number of hydrogen-bond acceptors (Lipinski definition) is 6. The second-order valence-electron chi connectivity index (χ2n) is 14.5. The van der Waals surface area contributed by atoms with E-state index in [1.807, 2.05) is 0 Å². The lowest BCUT2D eigenvalue weighted by Gasteiger charge is -2.39. The Kier molecular flexibility index (Phi) is 7.05. The van der Waals surface area contributed by atoms with Gasteiger partial charge in [0.25, 0.3) is 0 Å². The van der Waals surface area contributed by atoms with Crippen LogP contribution in [0, 0.1) is 0 Å². The summed E-state index contributed by atoms with van der Waals surface area (Å²) in [7, 11) is 1.75. The maximum Gasteiger partial charge on any atom is 0.178 e. The highest BCUT2D eigenvalue weighted by atomic mass is 16.5. The van der Waals surface area contributed by atoms with Crippen LogP contribution in [-0.2, 0) is 11.0 Å². The molecule has 0 spiro atoms. The van der Waals surface area contributed by atoms with Crippen LogP contribution < -0.4 is 19.3 Å². The van der Waals surface area contributed by atoms with Crippen LogP contribution in [0.2, 0.25) is 0 Å². The second-order valence-corrected chi connectivity index (χ2v) is 14.5. The third kappa shape index (κ3) is 4.61. The molecular weight excluding hydrogens is 606 g/mol. The van der Waals surface area contributed by atoms with Gasteiger partial charge >= 0.3 is 0 Å². The molecule has 49 heavy (non-hydrogen) atoms. The Labute approximate surface area is 288 Å². The smallest absolute Gasteiger partial charge is 0.178 e. The van der Waals surface area contributed by atoms with Crippen LogP contribution in [0.3, 0.4) is 0 Å². The molecule has 5 aromatic rings. The lowest BCUT2D eigenvalue weighted by Crippen LogP contribution is -2.44. The van der Waals surface area contributed by atoms with Crippen LogP contribution in [0.15, 0.2) is 97.1 Å². The van der Waals surface area contributed by atoms with Crippen LogP contribution >= 0.6 is 0 Å². The van der Waals surface area contributed by atoms with Gasteiger partial charge < -0.3 is 24.5 Å². The highest BCUT2D eigenvalue weighted by molar-refractivity contribution is 6.10. The van der Waals surface area contributed by atoms with E-state index < -0.39 is 5.60 Å². The molecule has 0 saturated carbocycles. The number of hydrogen-bond donors (Lipinski definition) is 1. The van der Waals surface area contributed by atoms with E-state index in [4.69, 9.17) is 9.47 Å². The molecule has 0 aromatic heterocycles. The van der Waals surface area contributed by atoms with Crippen LogP contribution in [0.1, 0.15) is 54.5 Å². The summed E-state index contributed by atoms with van der Waals surface area (Å²) in [5.74, 6) is 1.69.